The maximum atomic E-state index is 14.3. The fourth-order valence-corrected chi connectivity index (χ4v) is 5.43. The highest BCUT2D eigenvalue weighted by molar-refractivity contribution is 8.18. The van der Waals surface area contributed by atoms with Gasteiger partial charge < -0.3 is 0 Å². The molecule has 3 aromatic rings. The molecule has 2 aliphatic rings. The van der Waals surface area contributed by atoms with Crippen molar-refractivity contribution in [3.8, 4) is 0 Å². The Bertz CT molecular complexity index is 1190. The molecule has 3 nitrogen and oxygen atoms in total. The van der Waals surface area contributed by atoms with Gasteiger partial charge >= 0.3 is 0 Å². The molecular weight excluding hydrogens is 407 g/mol. The average Bonchev–Trinajstić information content (AvgIpc) is 3.11. The lowest BCUT2D eigenvalue weighted by Gasteiger charge is -2.30. The first kappa shape index (κ1) is 20.0. The van der Waals surface area contributed by atoms with E-state index in [-0.39, 0.29) is 23.5 Å². The molecule has 0 atom stereocenters. The summed E-state index contributed by atoms with van der Waals surface area (Å²) in [4.78, 5) is 20.5. The number of para-hydroxylation sites is 1. The Labute approximate surface area is 185 Å². The third kappa shape index (κ3) is 4.02. The lowest BCUT2D eigenvalue weighted by atomic mass is 9.94. The molecule has 0 N–H and O–H groups in total. The van der Waals surface area contributed by atoms with Crippen LogP contribution in [0.25, 0.3) is 16.8 Å². The van der Waals surface area contributed by atoms with Gasteiger partial charge in [0.1, 0.15) is 11.5 Å². The molecule has 0 bridgehead atoms. The Kier molecular flexibility index (Phi) is 5.60. The zero-order valence-electron chi connectivity index (χ0n) is 17.1. The van der Waals surface area contributed by atoms with E-state index < -0.39 is 0 Å². The minimum Gasteiger partial charge on any atom is -0.283 e. The molecule has 1 amide bonds. The molecule has 5 rings (SSSR count). The number of amidine groups is 1. The maximum absolute atomic E-state index is 14.3. The van der Waals surface area contributed by atoms with Crippen LogP contribution in [0.2, 0.25) is 0 Å². The van der Waals surface area contributed by atoms with Gasteiger partial charge in [-0.05, 0) is 59.1 Å². The number of amides is 1. The summed E-state index contributed by atoms with van der Waals surface area (Å²) in [6.45, 7) is 0. The van der Waals surface area contributed by atoms with Gasteiger partial charge in [-0.3, -0.25) is 9.69 Å². The Balaban J connectivity index is 1.57. The number of fused-ring (bicyclic) bond motifs is 1. The minimum absolute atomic E-state index is 0.0278. The van der Waals surface area contributed by atoms with Crippen LogP contribution in [0.4, 0.5) is 10.1 Å². The van der Waals surface area contributed by atoms with Crippen molar-refractivity contribution >= 4 is 45.4 Å². The Hall–Kier alpha value is -2.92. The van der Waals surface area contributed by atoms with E-state index in [4.69, 9.17) is 0 Å². The van der Waals surface area contributed by atoms with Crippen molar-refractivity contribution in [1.29, 1.82) is 0 Å². The summed E-state index contributed by atoms with van der Waals surface area (Å²) in [7, 11) is 0. The van der Waals surface area contributed by atoms with Crippen molar-refractivity contribution < 1.29 is 9.18 Å². The van der Waals surface area contributed by atoms with Crippen LogP contribution in [0.15, 0.2) is 76.6 Å². The monoisotopic (exact) mass is 430 g/mol. The third-order valence-electron chi connectivity index (χ3n) is 5.96. The van der Waals surface area contributed by atoms with Crippen LogP contribution >= 0.6 is 11.8 Å². The number of halogens is 1. The second-order valence-corrected chi connectivity index (χ2v) is 9.00. The molecule has 1 saturated heterocycles. The van der Waals surface area contributed by atoms with Crippen LogP contribution in [0, 0.1) is 5.82 Å². The molecule has 1 heterocycles. The number of hydrogen-bond donors (Lipinski definition) is 0. The van der Waals surface area contributed by atoms with Gasteiger partial charge in [-0.1, -0.05) is 73.9 Å². The highest BCUT2D eigenvalue weighted by Crippen LogP contribution is 2.39. The van der Waals surface area contributed by atoms with Crippen LogP contribution < -0.4 is 0 Å². The van der Waals surface area contributed by atoms with E-state index in [2.05, 4.69) is 23.2 Å². The van der Waals surface area contributed by atoms with Gasteiger partial charge in [-0.15, -0.1) is 0 Å². The van der Waals surface area contributed by atoms with Crippen molar-refractivity contribution in [2.45, 2.75) is 38.1 Å². The van der Waals surface area contributed by atoms with Crippen molar-refractivity contribution in [3.05, 3.63) is 83.0 Å². The first-order valence-electron chi connectivity index (χ1n) is 10.7. The number of aliphatic imine (C=N–C) groups is 1. The highest BCUT2D eigenvalue weighted by Gasteiger charge is 2.38. The number of benzene rings is 3. The Morgan fingerprint density at radius 1 is 0.935 bits per heavy atom. The summed E-state index contributed by atoms with van der Waals surface area (Å²) in [5.74, 6) is -0.405. The van der Waals surface area contributed by atoms with Crippen LogP contribution in [0.1, 0.15) is 37.7 Å². The van der Waals surface area contributed by atoms with Gasteiger partial charge in [0.25, 0.3) is 5.91 Å². The molecule has 3 aromatic carbocycles. The molecule has 5 heteroatoms. The van der Waals surface area contributed by atoms with Crippen molar-refractivity contribution in [3.63, 3.8) is 0 Å². The van der Waals surface area contributed by atoms with Crippen LogP contribution in [-0.2, 0) is 4.79 Å². The van der Waals surface area contributed by atoms with Crippen molar-refractivity contribution in [2.75, 3.05) is 0 Å². The molecule has 1 aliphatic heterocycles. The third-order valence-corrected chi connectivity index (χ3v) is 6.94. The first-order valence-corrected chi connectivity index (χ1v) is 11.6. The first-order chi connectivity index (χ1) is 15.2. The Morgan fingerprint density at radius 2 is 1.68 bits per heavy atom. The predicted molar refractivity (Wildman–Crippen MR) is 127 cm³/mol. The number of hydrogen-bond acceptors (Lipinski definition) is 3. The fourth-order valence-electron chi connectivity index (χ4n) is 4.39. The van der Waals surface area contributed by atoms with Crippen LogP contribution in [0.3, 0.4) is 0 Å². The zero-order chi connectivity index (χ0) is 21.2. The molecular formula is C26H23FN2OS. The van der Waals surface area contributed by atoms with Gasteiger partial charge in [0, 0.05) is 6.04 Å². The van der Waals surface area contributed by atoms with E-state index in [1.165, 1.54) is 24.2 Å². The summed E-state index contributed by atoms with van der Waals surface area (Å²) in [6, 6.07) is 20.9. The van der Waals surface area contributed by atoms with E-state index in [1.807, 2.05) is 35.2 Å². The lowest BCUT2D eigenvalue weighted by Crippen LogP contribution is -2.40. The summed E-state index contributed by atoms with van der Waals surface area (Å²) in [5, 5.41) is 2.82. The molecule has 0 aromatic heterocycles. The van der Waals surface area contributed by atoms with Gasteiger partial charge in [0.05, 0.1) is 4.91 Å². The molecule has 0 spiro atoms. The van der Waals surface area contributed by atoms with Crippen LogP contribution in [0.5, 0.6) is 0 Å². The number of thioether (sulfide) groups is 1. The molecule has 0 unspecified atom stereocenters. The largest absolute Gasteiger partial charge is 0.283 e. The normalized spacial score (nSPS) is 20.3. The maximum Gasteiger partial charge on any atom is 0.267 e. The second-order valence-electron chi connectivity index (χ2n) is 7.99. The standard InChI is InChI=1S/C26H23FN2OS/c27-22-15-6-7-16-23(22)28-26-29(20-12-2-1-3-13-20)25(30)24(31-26)17-19-11-8-10-18-9-4-5-14-21(18)19/h4-11,14-17,20H,1-3,12-13H2/b24-17-,28-26?. The lowest BCUT2D eigenvalue weighted by molar-refractivity contribution is -0.124. The second kappa shape index (κ2) is 8.67. The SMILES string of the molecule is O=C1/C(=C/c2cccc3ccccc23)SC(=Nc2ccccc2F)N1C1CCCCC1. The molecule has 31 heavy (non-hydrogen) atoms. The summed E-state index contributed by atoms with van der Waals surface area (Å²) in [5.41, 5.74) is 1.27. The number of carbonyl (C=O) groups is 1. The quantitative estimate of drug-likeness (QED) is 0.423. The number of nitrogens with zero attached hydrogens (tertiary/aromatic N) is 2. The number of rotatable bonds is 3. The highest BCUT2D eigenvalue weighted by atomic mass is 32.2. The predicted octanol–water partition coefficient (Wildman–Crippen LogP) is 6.92. The van der Waals surface area contributed by atoms with E-state index in [1.54, 1.807) is 18.2 Å². The smallest absolute Gasteiger partial charge is 0.267 e. The average molecular weight is 431 g/mol. The topological polar surface area (TPSA) is 32.7 Å². The molecule has 2 fully saturated rings. The summed E-state index contributed by atoms with van der Waals surface area (Å²) in [6.07, 6.45) is 7.29. The van der Waals surface area contributed by atoms with Gasteiger partial charge in [0.15, 0.2) is 5.17 Å². The molecule has 156 valence electrons. The van der Waals surface area contributed by atoms with Crippen molar-refractivity contribution in [1.82, 2.24) is 4.90 Å². The molecule has 1 saturated carbocycles. The van der Waals surface area contributed by atoms with Gasteiger partial charge in [0.2, 0.25) is 0 Å². The summed E-state index contributed by atoms with van der Waals surface area (Å²) < 4.78 is 14.3. The van der Waals surface area contributed by atoms with Crippen LogP contribution in [-0.4, -0.2) is 22.0 Å². The van der Waals surface area contributed by atoms with Gasteiger partial charge in [-0.2, -0.15) is 0 Å². The Morgan fingerprint density at radius 3 is 2.52 bits per heavy atom. The number of carbonyl (C=O) groups excluding carboxylic acids is 1. The van der Waals surface area contributed by atoms with E-state index >= 15 is 0 Å². The van der Waals surface area contributed by atoms with E-state index in [9.17, 15) is 9.18 Å². The fraction of sp³-hybridized carbons (Fsp3) is 0.231. The minimum atomic E-state index is -0.377. The van der Waals surface area contributed by atoms with E-state index in [0.717, 1.165) is 42.0 Å². The zero-order valence-corrected chi connectivity index (χ0v) is 17.9. The molecule has 1 aliphatic carbocycles. The van der Waals surface area contributed by atoms with E-state index in [0.29, 0.717) is 10.1 Å². The van der Waals surface area contributed by atoms with Crippen molar-refractivity contribution in [2.24, 2.45) is 4.99 Å². The summed E-state index contributed by atoms with van der Waals surface area (Å²) >= 11 is 1.35. The van der Waals surface area contributed by atoms with Gasteiger partial charge in [-0.25, -0.2) is 9.38 Å². The molecule has 0 radical (unpaired) electrons.